The van der Waals surface area contributed by atoms with Gasteiger partial charge < -0.3 is 10.4 Å². The van der Waals surface area contributed by atoms with Crippen molar-refractivity contribution < 1.29 is 14.7 Å². The molecule has 6 nitrogen and oxygen atoms in total. The van der Waals surface area contributed by atoms with Crippen LogP contribution in [0.15, 0.2) is 59.8 Å². The van der Waals surface area contributed by atoms with E-state index in [-0.39, 0.29) is 10.9 Å². The zero-order chi connectivity index (χ0) is 25.4. The van der Waals surface area contributed by atoms with Crippen LogP contribution in [0.5, 0.6) is 0 Å². The van der Waals surface area contributed by atoms with E-state index in [9.17, 15) is 14.7 Å². The van der Waals surface area contributed by atoms with Gasteiger partial charge in [0.1, 0.15) is 23.1 Å². The van der Waals surface area contributed by atoms with Gasteiger partial charge in [-0.1, -0.05) is 48.2 Å². The summed E-state index contributed by atoms with van der Waals surface area (Å²) in [5, 5.41) is 15.1. The van der Waals surface area contributed by atoms with E-state index in [0.29, 0.717) is 25.2 Å². The lowest BCUT2D eigenvalue weighted by Crippen LogP contribution is -2.24. The Bertz CT molecular complexity index is 1480. The molecule has 2 aromatic carbocycles. The molecule has 2 aromatic heterocycles. The smallest absolute Gasteiger partial charge is 0.198 e. The maximum Gasteiger partial charge on any atom is 0.198 e. The molecule has 0 bridgehead atoms. The number of carbonyl (C=O) groups excluding carboxylic acids is 2. The highest BCUT2D eigenvalue weighted by atomic mass is 32.2. The number of aryl methyl sites for hydroxylation is 1. The SMILES string of the molecule is O=C1Cc2ccc(Nc3ncnc4sc5c(c34)CCC(CCC(=O)[C@@H](O)Cc3ccccc3)C5)cc2S1. The lowest BCUT2D eigenvalue weighted by Gasteiger charge is -2.22. The highest BCUT2D eigenvalue weighted by Crippen LogP contribution is 2.42. The van der Waals surface area contributed by atoms with E-state index >= 15 is 0 Å². The van der Waals surface area contributed by atoms with Gasteiger partial charge >= 0.3 is 0 Å². The maximum atomic E-state index is 12.6. The van der Waals surface area contributed by atoms with Crippen LogP contribution < -0.4 is 5.32 Å². The fraction of sp³-hybridized carbons (Fsp3) is 0.310. The molecule has 6 rings (SSSR count). The number of aromatic nitrogens is 2. The molecule has 3 heterocycles. The largest absolute Gasteiger partial charge is 0.385 e. The van der Waals surface area contributed by atoms with Gasteiger partial charge in [-0.25, -0.2) is 9.97 Å². The van der Waals surface area contributed by atoms with E-state index in [1.54, 1.807) is 17.7 Å². The molecule has 0 saturated heterocycles. The van der Waals surface area contributed by atoms with Crippen LogP contribution in [0.3, 0.4) is 0 Å². The number of nitrogens with zero attached hydrogens (tertiary/aromatic N) is 2. The normalized spacial score (nSPS) is 17.4. The van der Waals surface area contributed by atoms with Crippen LogP contribution >= 0.6 is 23.1 Å². The van der Waals surface area contributed by atoms with Crippen molar-refractivity contribution in [1.29, 1.82) is 0 Å². The Morgan fingerprint density at radius 3 is 2.89 bits per heavy atom. The molecular weight excluding hydrogens is 502 g/mol. The predicted molar refractivity (Wildman–Crippen MR) is 148 cm³/mol. The average molecular weight is 530 g/mol. The fourth-order valence-electron chi connectivity index (χ4n) is 5.31. The molecule has 1 aliphatic carbocycles. The Hall–Kier alpha value is -3.07. The molecule has 1 unspecified atom stereocenters. The van der Waals surface area contributed by atoms with Gasteiger partial charge in [-0.05, 0) is 60.4 Å². The summed E-state index contributed by atoms with van der Waals surface area (Å²) in [5.74, 6) is 1.15. The van der Waals surface area contributed by atoms with Gasteiger partial charge in [0.15, 0.2) is 10.9 Å². The van der Waals surface area contributed by atoms with Crippen molar-refractivity contribution in [2.45, 2.75) is 55.9 Å². The molecule has 188 valence electrons. The summed E-state index contributed by atoms with van der Waals surface area (Å²) in [5.41, 5.74) is 4.29. The molecule has 8 heteroatoms. The number of carbonyl (C=O) groups is 2. The van der Waals surface area contributed by atoms with Gasteiger partial charge in [-0.15, -0.1) is 11.3 Å². The Balaban J connectivity index is 1.13. The van der Waals surface area contributed by atoms with E-state index in [1.165, 1.54) is 22.2 Å². The number of aliphatic hydroxyl groups is 1. The highest BCUT2D eigenvalue weighted by Gasteiger charge is 2.27. The van der Waals surface area contributed by atoms with Crippen molar-refractivity contribution in [2.24, 2.45) is 5.92 Å². The molecule has 2 aliphatic rings. The number of thioether (sulfide) groups is 1. The Kier molecular flexibility index (Phi) is 6.80. The maximum absolute atomic E-state index is 12.6. The number of ketones is 1. The molecule has 2 N–H and O–H groups in total. The molecule has 37 heavy (non-hydrogen) atoms. The first kappa shape index (κ1) is 24.3. The van der Waals surface area contributed by atoms with Crippen molar-refractivity contribution in [3.63, 3.8) is 0 Å². The zero-order valence-corrected chi connectivity index (χ0v) is 21.9. The number of fused-ring (bicyclic) bond motifs is 4. The summed E-state index contributed by atoms with van der Waals surface area (Å²) in [7, 11) is 0. The summed E-state index contributed by atoms with van der Waals surface area (Å²) in [6.07, 6.45) is 5.59. The Morgan fingerprint density at radius 2 is 2.03 bits per heavy atom. The second-order valence-corrected chi connectivity index (χ2v) is 12.0. The predicted octanol–water partition coefficient (Wildman–Crippen LogP) is 5.67. The molecule has 4 aromatic rings. The van der Waals surface area contributed by atoms with Crippen LogP contribution in [0.4, 0.5) is 11.5 Å². The zero-order valence-electron chi connectivity index (χ0n) is 20.3. The van der Waals surface area contributed by atoms with Crippen LogP contribution in [-0.2, 0) is 35.3 Å². The summed E-state index contributed by atoms with van der Waals surface area (Å²) < 4.78 is 0. The van der Waals surface area contributed by atoms with Crippen LogP contribution in [0.2, 0.25) is 0 Å². The van der Waals surface area contributed by atoms with Crippen LogP contribution in [0.25, 0.3) is 10.2 Å². The van der Waals surface area contributed by atoms with Crippen molar-refractivity contribution in [3.8, 4) is 0 Å². The van der Waals surface area contributed by atoms with E-state index < -0.39 is 6.10 Å². The standard InChI is InChI=1S/C29H27N3O3S2/c33-22(23(34)12-17-4-2-1-3-5-17)11-7-18-6-10-21-25(13-18)37-29-27(21)28(30-16-31-29)32-20-9-8-19-14-26(35)36-24(19)15-20/h1-5,8-9,15-16,18,23,34H,6-7,10-14H2,(H,30,31,32)/t18?,23-/m0/s1. The number of hydrogen-bond donors (Lipinski definition) is 2. The summed E-state index contributed by atoms with van der Waals surface area (Å²) in [4.78, 5) is 36.8. The number of nitrogens with one attached hydrogen (secondary N) is 1. The van der Waals surface area contributed by atoms with Gasteiger partial charge in [0, 0.05) is 34.7 Å². The number of hydrogen-bond acceptors (Lipinski definition) is 8. The van der Waals surface area contributed by atoms with E-state index in [0.717, 1.165) is 63.4 Å². The summed E-state index contributed by atoms with van der Waals surface area (Å²) in [6, 6.07) is 15.7. The second kappa shape index (κ2) is 10.4. The Labute approximate surface area is 223 Å². The third-order valence-corrected chi connectivity index (χ3v) is 9.41. The quantitative estimate of drug-likeness (QED) is 0.304. The topological polar surface area (TPSA) is 92.2 Å². The van der Waals surface area contributed by atoms with E-state index in [1.807, 2.05) is 48.5 Å². The number of thiophene rings is 1. The number of anilines is 2. The average Bonchev–Trinajstić information content (AvgIpc) is 3.46. The Morgan fingerprint density at radius 1 is 1.16 bits per heavy atom. The first-order valence-electron chi connectivity index (χ1n) is 12.6. The monoisotopic (exact) mass is 529 g/mol. The number of aliphatic hydroxyl groups excluding tert-OH is 1. The molecule has 0 amide bonds. The minimum absolute atomic E-state index is 0.0717. The number of benzene rings is 2. The third-order valence-electron chi connectivity index (χ3n) is 7.28. The van der Waals surface area contributed by atoms with Crippen molar-refractivity contribution >= 4 is 55.7 Å². The van der Waals surface area contributed by atoms with Gasteiger partial charge in [0.05, 0.1) is 5.39 Å². The minimum atomic E-state index is -0.939. The van der Waals surface area contributed by atoms with Gasteiger partial charge in [-0.2, -0.15) is 0 Å². The minimum Gasteiger partial charge on any atom is -0.385 e. The van der Waals surface area contributed by atoms with Crippen LogP contribution in [0, 0.1) is 5.92 Å². The van der Waals surface area contributed by atoms with E-state index in [4.69, 9.17) is 0 Å². The fourth-order valence-corrected chi connectivity index (χ4v) is 7.54. The summed E-state index contributed by atoms with van der Waals surface area (Å²) >= 11 is 3.02. The molecule has 2 atom stereocenters. The lowest BCUT2D eigenvalue weighted by molar-refractivity contribution is -0.127. The molecule has 0 saturated carbocycles. The second-order valence-electron chi connectivity index (χ2n) is 9.82. The van der Waals surface area contributed by atoms with Crippen molar-refractivity contribution in [1.82, 2.24) is 9.97 Å². The highest BCUT2D eigenvalue weighted by molar-refractivity contribution is 8.14. The third kappa shape index (κ3) is 5.19. The number of rotatable bonds is 8. The van der Waals surface area contributed by atoms with Crippen LogP contribution in [-0.4, -0.2) is 32.1 Å². The first-order chi connectivity index (χ1) is 18.0. The molecule has 1 aliphatic heterocycles. The van der Waals surface area contributed by atoms with Gasteiger partial charge in [0.2, 0.25) is 0 Å². The molecule has 0 fully saturated rings. The van der Waals surface area contributed by atoms with Gasteiger partial charge in [0.25, 0.3) is 0 Å². The van der Waals surface area contributed by atoms with Crippen molar-refractivity contribution in [3.05, 3.63) is 76.4 Å². The van der Waals surface area contributed by atoms with Crippen LogP contribution in [0.1, 0.15) is 40.8 Å². The molecular formula is C29H27N3O3S2. The van der Waals surface area contributed by atoms with Gasteiger partial charge in [-0.3, -0.25) is 9.59 Å². The van der Waals surface area contributed by atoms with E-state index in [2.05, 4.69) is 15.3 Å². The molecule has 0 spiro atoms. The summed E-state index contributed by atoms with van der Waals surface area (Å²) in [6.45, 7) is 0. The van der Waals surface area contributed by atoms with Crippen molar-refractivity contribution in [2.75, 3.05) is 5.32 Å². The number of Topliss-reactive ketones (excluding diaryl/α,β-unsaturated/α-hetero) is 1. The lowest BCUT2D eigenvalue weighted by atomic mass is 9.84. The first-order valence-corrected chi connectivity index (χ1v) is 14.3. The molecule has 0 radical (unpaired) electrons.